The van der Waals surface area contributed by atoms with E-state index in [-0.39, 0.29) is 16.7 Å². The highest BCUT2D eigenvalue weighted by Gasteiger charge is 2.33. The van der Waals surface area contributed by atoms with E-state index in [2.05, 4.69) is 10.5 Å². The summed E-state index contributed by atoms with van der Waals surface area (Å²) >= 11 is 1.43. The van der Waals surface area contributed by atoms with Crippen molar-refractivity contribution in [3.63, 3.8) is 0 Å². The molecule has 0 atom stereocenters. The molecule has 1 fully saturated rings. The molecule has 2 aromatic heterocycles. The molecule has 0 saturated carbocycles. The van der Waals surface area contributed by atoms with Crippen molar-refractivity contribution in [1.82, 2.24) is 14.8 Å². The molecule has 0 bridgehead atoms. The Kier molecular flexibility index (Phi) is 5.50. The minimum atomic E-state index is -3.58. The van der Waals surface area contributed by atoms with Crippen molar-refractivity contribution in [2.75, 3.05) is 19.6 Å². The first-order valence-electron chi connectivity index (χ1n) is 8.56. The first-order chi connectivity index (χ1) is 12.3. The third kappa shape index (κ3) is 3.70. The Morgan fingerprint density at radius 1 is 1.35 bits per heavy atom. The molecule has 3 rings (SSSR count). The van der Waals surface area contributed by atoms with Crippen LogP contribution in [0.25, 0.3) is 0 Å². The minimum absolute atomic E-state index is 0.0525. The number of carbonyl (C=O) groups is 1. The van der Waals surface area contributed by atoms with Gasteiger partial charge in [-0.25, -0.2) is 8.42 Å². The van der Waals surface area contributed by atoms with E-state index in [1.807, 2.05) is 18.4 Å². The Morgan fingerprint density at radius 3 is 2.58 bits per heavy atom. The number of sulfonamides is 1. The Balaban J connectivity index is 1.56. The third-order valence-corrected chi connectivity index (χ3v) is 7.92. The van der Waals surface area contributed by atoms with Crippen LogP contribution in [-0.2, 0) is 10.0 Å². The standard InChI is InChI=1S/C17H23N3O4S2/c1-11-6-9-25-15(11)17(21)18-10-14-4-7-20(8-5-14)26(22,23)16-12(2)19-24-13(16)3/h6,9,14H,4-5,7-8,10H2,1-3H3,(H,18,21). The van der Waals surface area contributed by atoms with Gasteiger partial charge in [-0.05, 0) is 56.5 Å². The number of nitrogens with one attached hydrogen (secondary N) is 1. The van der Waals surface area contributed by atoms with Gasteiger partial charge >= 0.3 is 0 Å². The lowest BCUT2D eigenvalue weighted by Crippen LogP contribution is -2.41. The minimum Gasteiger partial charge on any atom is -0.360 e. The van der Waals surface area contributed by atoms with Gasteiger partial charge in [-0.15, -0.1) is 11.3 Å². The predicted molar refractivity (Wildman–Crippen MR) is 98.8 cm³/mol. The van der Waals surface area contributed by atoms with Crippen LogP contribution >= 0.6 is 11.3 Å². The number of hydrogen-bond donors (Lipinski definition) is 1. The largest absolute Gasteiger partial charge is 0.360 e. The van der Waals surface area contributed by atoms with E-state index in [1.165, 1.54) is 15.6 Å². The number of amides is 1. The first-order valence-corrected chi connectivity index (χ1v) is 10.9. The Labute approximate surface area is 157 Å². The van der Waals surface area contributed by atoms with Crippen molar-refractivity contribution >= 4 is 27.3 Å². The van der Waals surface area contributed by atoms with Crippen LogP contribution in [0.15, 0.2) is 20.9 Å². The third-order valence-electron chi connectivity index (χ3n) is 4.76. The lowest BCUT2D eigenvalue weighted by molar-refractivity contribution is 0.0945. The van der Waals surface area contributed by atoms with E-state index in [9.17, 15) is 13.2 Å². The summed E-state index contributed by atoms with van der Waals surface area (Å²) in [5.41, 5.74) is 1.37. The highest BCUT2D eigenvalue weighted by molar-refractivity contribution is 7.89. The first kappa shape index (κ1) is 19.1. The fraction of sp³-hybridized carbons (Fsp3) is 0.529. The molecule has 7 nitrogen and oxygen atoms in total. The molecular weight excluding hydrogens is 374 g/mol. The van der Waals surface area contributed by atoms with Crippen molar-refractivity contribution in [2.24, 2.45) is 5.92 Å². The van der Waals surface area contributed by atoms with Gasteiger partial charge < -0.3 is 9.84 Å². The number of piperidine rings is 1. The zero-order chi connectivity index (χ0) is 18.9. The fourth-order valence-electron chi connectivity index (χ4n) is 3.25. The number of carbonyl (C=O) groups excluding carboxylic acids is 1. The molecule has 1 amide bonds. The van der Waals surface area contributed by atoms with Crippen LogP contribution in [0.2, 0.25) is 0 Å². The maximum Gasteiger partial charge on any atom is 0.261 e. The fourth-order valence-corrected chi connectivity index (χ4v) is 5.85. The molecule has 0 unspecified atom stereocenters. The summed E-state index contributed by atoms with van der Waals surface area (Å²) in [6, 6.07) is 1.93. The second-order valence-electron chi connectivity index (χ2n) is 6.64. The van der Waals surface area contributed by atoms with Gasteiger partial charge in [0.1, 0.15) is 10.6 Å². The molecule has 0 aliphatic carbocycles. The maximum absolute atomic E-state index is 12.8. The zero-order valence-electron chi connectivity index (χ0n) is 15.1. The second kappa shape index (κ2) is 7.50. The van der Waals surface area contributed by atoms with Gasteiger partial charge in [0.15, 0.2) is 5.76 Å². The lowest BCUT2D eigenvalue weighted by atomic mass is 9.98. The molecule has 26 heavy (non-hydrogen) atoms. The van der Waals surface area contributed by atoms with Gasteiger partial charge in [0.05, 0.1) is 4.88 Å². The summed E-state index contributed by atoms with van der Waals surface area (Å²) in [6.45, 7) is 6.61. The normalized spacial score (nSPS) is 16.7. The van der Waals surface area contributed by atoms with Crippen LogP contribution in [0.4, 0.5) is 0 Å². The van der Waals surface area contributed by atoms with Gasteiger partial charge in [-0.2, -0.15) is 4.31 Å². The van der Waals surface area contributed by atoms with Crippen molar-refractivity contribution in [3.05, 3.63) is 33.3 Å². The number of aromatic nitrogens is 1. The Morgan fingerprint density at radius 2 is 2.04 bits per heavy atom. The molecule has 9 heteroatoms. The van der Waals surface area contributed by atoms with Crippen molar-refractivity contribution in [3.8, 4) is 0 Å². The molecule has 1 aliphatic rings. The van der Waals surface area contributed by atoms with Gasteiger partial charge in [-0.1, -0.05) is 5.16 Å². The van der Waals surface area contributed by atoms with Gasteiger partial charge in [0.2, 0.25) is 10.0 Å². The number of rotatable bonds is 5. The topological polar surface area (TPSA) is 92.5 Å². The van der Waals surface area contributed by atoms with Crippen LogP contribution in [0, 0.1) is 26.7 Å². The maximum atomic E-state index is 12.8. The average molecular weight is 398 g/mol. The van der Waals surface area contributed by atoms with Gasteiger partial charge in [0, 0.05) is 19.6 Å². The molecule has 0 radical (unpaired) electrons. The predicted octanol–water partition coefficient (Wildman–Crippen LogP) is 2.49. The molecule has 0 aromatic carbocycles. The smallest absolute Gasteiger partial charge is 0.261 e. The second-order valence-corrected chi connectivity index (χ2v) is 9.43. The number of hydrogen-bond acceptors (Lipinski definition) is 6. The molecule has 3 heterocycles. The SMILES string of the molecule is Cc1ccsc1C(=O)NCC1CCN(S(=O)(=O)c2c(C)noc2C)CC1. The number of thiophene rings is 1. The summed E-state index contributed by atoms with van der Waals surface area (Å²) in [5, 5.41) is 8.62. The average Bonchev–Trinajstić information content (AvgIpc) is 3.18. The summed E-state index contributed by atoms with van der Waals surface area (Å²) in [7, 11) is -3.58. The van der Waals surface area contributed by atoms with E-state index >= 15 is 0 Å². The van der Waals surface area contributed by atoms with Gasteiger partial charge in [0.25, 0.3) is 5.91 Å². The monoisotopic (exact) mass is 397 g/mol. The van der Waals surface area contributed by atoms with E-state index in [1.54, 1.807) is 13.8 Å². The molecule has 1 N–H and O–H groups in total. The zero-order valence-corrected chi connectivity index (χ0v) is 16.7. The number of aryl methyl sites for hydroxylation is 3. The molecule has 1 aliphatic heterocycles. The number of nitrogens with zero attached hydrogens (tertiary/aromatic N) is 2. The quantitative estimate of drug-likeness (QED) is 0.837. The van der Waals surface area contributed by atoms with Crippen molar-refractivity contribution in [2.45, 2.75) is 38.5 Å². The highest BCUT2D eigenvalue weighted by Crippen LogP contribution is 2.27. The van der Waals surface area contributed by atoms with Crippen molar-refractivity contribution < 1.29 is 17.7 Å². The van der Waals surface area contributed by atoms with Crippen molar-refractivity contribution in [1.29, 1.82) is 0 Å². The molecule has 142 valence electrons. The van der Waals surface area contributed by atoms with Crippen LogP contribution in [0.1, 0.15) is 39.5 Å². The van der Waals surface area contributed by atoms with Crippen LogP contribution in [-0.4, -0.2) is 43.4 Å². The summed E-state index contributed by atoms with van der Waals surface area (Å²) in [6.07, 6.45) is 1.43. The molecule has 2 aromatic rings. The molecule has 0 spiro atoms. The van der Waals surface area contributed by atoms with Gasteiger partial charge in [-0.3, -0.25) is 4.79 Å². The summed E-state index contributed by atoms with van der Waals surface area (Å²) in [5.74, 6) is 0.543. The van der Waals surface area contributed by atoms with E-state index in [0.717, 1.165) is 10.4 Å². The Bertz CT molecular complexity index is 874. The summed E-state index contributed by atoms with van der Waals surface area (Å²) < 4.78 is 32.1. The van der Waals surface area contributed by atoms with E-state index in [4.69, 9.17) is 4.52 Å². The van der Waals surface area contributed by atoms with E-state index in [0.29, 0.717) is 43.9 Å². The molecule has 1 saturated heterocycles. The Hall–Kier alpha value is -1.71. The molecular formula is C17H23N3O4S2. The van der Waals surface area contributed by atoms with E-state index < -0.39 is 10.0 Å². The summed E-state index contributed by atoms with van der Waals surface area (Å²) in [4.78, 5) is 13.1. The highest BCUT2D eigenvalue weighted by atomic mass is 32.2. The van der Waals surface area contributed by atoms with Crippen LogP contribution < -0.4 is 5.32 Å². The van der Waals surface area contributed by atoms with Crippen LogP contribution in [0.5, 0.6) is 0 Å². The van der Waals surface area contributed by atoms with Crippen LogP contribution in [0.3, 0.4) is 0 Å². The lowest BCUT2D eigenvalue weighted by Gasteiger charge is -2.31.